The first-order valence-corrected chi connectivity index (χ1v) is 6.08. The van der Waals surface area contributed by atoms with Gasteiger partial charge >= 0.3 is 0 Å². The van der Waals surface area contributed by atoms with Gasteiger partial charge in [0, 0.05) is 5.92 Å². The van der Waals surface area contributed by atoms with E-state index in [1.807, 2.05) is 37.3 Å². The number of benzene rings is 1. The number of rotatable bonds is 6. The molecular weight excluding hydrogens is 200 g/mol. The van der Waals surface area contributed by atoms with Crippen molar-refractivity contribution in [2.45, 2.75) is 45.3 Å². The minimum Gasteiger partial charge on any atom is -0.393 e. The Morgan fingerprint density at radius 3 is 2.31 bits per heavy atom. The van der Waals surface area contributed by atoms with Crippen molar-refractivity contribution in [3.05, 3.63) is 35.9 Å². The van der Waals surface area contributed by atoms with Crippen LogP contribution in [-0.2, 0) is 0 Å². The van der Waals surface area contributed by atoms with Crippen molar-refractivity contribution in [3.8, 4) is 0 Å². The Kier molecular flexibility index (Phi) is 5.50. The van der Waals surface area contributed by atoms with Crippen LogP contribution >= 0.6 is 0 Å². The van der Waals surface area contributed by atoms with Crippen molar-refractivity contribution in [1.29, 1.82) is 0 Å². The highest BCUT2D eigenvalue weighted by molar-refractivity contribution is 5.18. The topological polar surface area (TPSA) is 40.5 Å². The van der Waals surface area contributed by atoms with Gasteiger partial charge in [-0.15, -0.1) is 0 Å². The van der Waals surface area contributed by atoms with Gasteiger partial charge in [0.1, 0.15) is 0 Å². The van der Waals surface area contributed by atoms with Gasteiger partial charge in [0.15, 0.2) is 0 Å². The molecule has 3 atom stereocenters. The van der Waals surface area contributed by atoms with Crippen molar-refractivity contribution in [1.82, 2.24) is 0 Å². The summed E-state index contributed by atoms with van der Waals surface area (Å²) >= 11 is 0. The number of hydrogen-bond donors (Lipinski definition) is 2. The van der Waals surface area contributed by atoms with Crippen LogP contribution in [0.2, 0.25) is 0 Å². The molecule has 0 radical (unpaired) electrons. The molecule has 2 heteroatoms. The SMILES string of the molecule is CCCC[C@@H](O)[C@H](C)[C@@H](O)c1ccccc1. The van der Waals surface area contributed by atoms with Gasteiger partial charge < -0.3 is 10.2 Å². The number of hydrogen-bond acceptors (Lipinski definition) is 2. The van der Waals surface area contributed by atoms with Crippen molar-refractivity contribution < 1.29 is 10.2 Å². The molecule has 1 aromatic rings. The fourth-order valence-electron chi connectivity index (χ4n) is 1.84. The van der Waals surface area contributed by atoms with Crippen LogP contribution in [0.1, 0.15) is 44.8 Å². The lowest BCUT2D eigenvalue weighted by Gasteiger charge is -2.24. The molecule has 0 aliphatic heterocycles. The quantitative estimate of drug-likeness (QED) is 0.777. The summed E-state index contributed by atoms with van der Waals surface area (Å²) in [4.78, 5) is 0. The molecule has 0 aromatic heterocycles. The van der Waals surface area contributed by atoms with Crippen LogP contribution < -0.4 is 0 Å². The second-order valence-corrected chi connectivity index (χ2v) is 4.42. The summed E-state index contributed by atoms with van der Waals surface area (Å²) in [6.45, 7) is 4.00. The first-order valence-electron chi connectivity index (χ1n) is 6.08. The van der Waals surface area contributed by atoms with E-state index in [-0.39, 0.29) is 5.92 Å². The van der Waals surface area contributed by atoms with Crippen LogP contribution in [0.5, 0.6) is 0 Å². The zero-order valence-corrected chi connectivity index (χ0v) is 10.1. The average molecular weight is 222 g/mol. The molecule has 0 bridgehead atoms. The lowest BCUT2D eigenvalue weighted by Crippen LogP contribution is -2.24. The second kappa shape index (κ2) is 6.66. The maximum Gasteiger partial charge on any atom is 0.0840 e. The molecule has 0 amide bonds. The number of aliphatic hydroxyl groups excluding tert-OH is 2. The molecule has 0 spiro atoms. The third kappa shape index (κ3) is 3.62. The molecule has 1 aromatic carbocycles. The molecule has 0 saturated heterocycles. The molecule has 0 aliphatic rings. The van der Waals surface area contributed by atoms with E-state index < -0.39 is 12.2 Å². The van der Waals surface area contributed by atoms with E-state index in [0.29, 0.717) is 0 Å². The molecular formula is C14H22O2. The molecule has 0 heterocycles. The maximum atomic E-state index is 10.1. The summed E-state index contributed by atoms with van der Waals surface area (Å²) in [5.74, 6) is -0.117. The van der Waals surface area contributed by atoms with E-state index in [2.05, 4.69) is 6.92 Å². The number of unbranched alkanes of at least 4 members (excludes halogenated alkanes) is 1. The highest BCUT2D eigenvalue weighted by atomic mass is 16.3. The molecule has 16 heavy (non-hydrogen) atoms. The summed E-state index contributed by atoms with van der Waals surface area (Å²) in [5, 5.41) is 20.0. The standard InChI is InChI=1S/C14H22O2/c1-3-4-10-13(15)11(2)14(16)12-8-6-5-7-9-12/h5-9,11,13-16H,3-4,10H2,1-2H3/t11-,13+,14+/m0/s1. The number of aliphatic hydroxyl groups is 2. The molecule has 90 valence electrons. The molecule has 0 fully saturated rings. The van der Waals surface area contributed by atoms with Crippen LogP contribution in [0.4, 0.5) is 0 Å². The Morgan fingerprint density at radius 1 is 1.12 bits per heavy atom. The van der Waals surface area contributed by atoms with Gasteiger partial charge in [-0.2, -0.15) is 0 Å². The fourth-order valence-corrected chi connectivity index (χ4v) is 1.84. The highest BCUT2D eigenvalue weighted by Gasteiger charge is 2.22. The maximum absolute atomic E-state index is 10.1. The van der Waals surface area contributed by atoms with Gasteiger partial charge in [0.2, 0.25) is 0 Å². The normalized spacial score (nSPS) is 16.8. The van der Waals surface area contributed by atoms with E-state index in [1.165, 1.54) is 0 Å². The predicted octanol–water partition coefficient (Wildman–Crippen LogP) is 2.91. The largest absolute Gasteiger partial charge is 0.393 e. The Balaban J connectivity index is 2.56. The summed E-state index contributed by atoms with van der Waals surface area (Å²) in [5.41, 5.74) is 0.880. The van der Waals surface area contributed by atoms with E-state index >= 15 is 0 Å². The van der Waals surface area contributed by atoms with Crippen molar-refractivity contribution in [3.63, 3.8) is 0 Å². The minimum absolute atomic E-state index is 0.117. The van der Waals surface area contributed by atoms with Crippen molar-refractivity contribution in [2.24, 2.45) is 5.92 Å². The first kappa shape index (κ1) is 13.2. The van der Waals surface area contributed by atoms with E-state index in [4.69, 9.17) is 0 Å². The molecule has 1 rings (SSSR count). The van der Waals surface area contributed by atoms with Gasteiger partial charge in [-0.05, 0) is 12.0 Å². The van der Waals surface area contributed by atoms with Crippen LogP contribution in [0.15, 0.2) is 30.3 Å². The fraction of sp³-hybridized carbons (Fsp3) is 0.571. The average Bonchev–Trinajstić information content (AvgIpc) is 2.35. The summed E-state index contributed by atoms with van der Waals surface area (Å²) in [6.07, 6.45) is 1.85. The second-order valence-electron chi connectivity index (χ2n) is 4.42. The summed E-state index contributed by atoms with van der Waals surface area (Å²) in [7, 11) is 0. The Hall–Kier alpha value is -0.860. The summed E-state index contributed by atoms with van der Waals surface area (Å²) in [6, 6.07) is 9.53. The molecule has 0 unspecified atom stereocenters. The first-order chi connectivity index (χ1) is 7.66. The minimum atomic E-state index is -0.576. The predicted molar refractivity (Wildman–Crippen MR) is 66.1 cm³/mol. The van der Waals surface area contributed by atoms with Gasteiger partial charge in [-0.3, -0.25) is 0 Å². The third-order valence-corrected chi connectivity index (χ3v) is 3.10. The van der Waals surface area contributed by atoms with E-state index in [1.54, 1.807) is 0 Å². The van der Waals surface area contributed by atoms with Crippen LogP contribution in [0.25, 0.3) is 0 Å². The Morgan fingerprint density at radius 2 is 1.75 bits per heavy atom. The summed E-state index contributed by atoms with van der Waals surface area (Å²) < 4.78 is 0. The molecule has 2 N–H and O–H groups in total. The monoisotopic (exact) mass is 222 g/mol. The Bertz CT molecular complexity index is 284. The molecule has 0 aliphatic carbocycles. The zero-order chi connectivity index (χ0) is 12.0. The van der Waals surface area contributed by atoms with Crippen LogP contribution in [0.3, 0.4) is 0 Å². The van der Waals surface area contributed by atoms with Crippen LogP contribution in [0, 0.1) is 5.92 Å². The third-order valence-electron chi connectivity index (χ3n) is 3.10. The van der Waals surface area contributed by atoms with Crippen molar-refractivity contribution >= 4 is 0 Å². The van der Waals surface area contributed by atoms with E-state index in [0.717, 1.165) is 24.8 Å². The molecule has 0 saturated carbocycles. The Labute approximate surface area is 97.9 Å². The van der Waals surface area contributed by atoms with Gasteiger partial charge in [-0.25, -0.2) is 0 Å². The zero-order valence-electron chi connectivity index (χ0n) is 10.1. The van der Waals surface area contributed by atoms with Crippen molar-refractivity contribution in [2.75, 3.05) is 0 Å². The van der Waals surface area contributed by atoms with Crippen LogP contribution in [-0.4, -0.2) is 16.3 Å². The smallest absolute Gasteiger partial charge is 0.0840 e. The van der Waals surface area contributed by atoms with Gasteiger partial charge in [0.05, 0.1) is 12.2 Å². The molecule has 2 nitrogen and oxygen atoms in total. The lowest BCUT2D eigenvalue weighted by molar-refractivity contribution is 0.0157. The highest BCUT2D eigenvalue weighted by Crippen LogP contribution is 2.26. The lowest BCUT2D eigenvalue weighted by atomic mass is 9.90. The van der Waals surface area contributed by atoms with E-state index in [9.17, 15) is 10.2 Å². The van der Waals surface area contributed by atoms with Gasteiger partial charge in [0.25, 0.3) is 0 Å². The van der Waals surface area contributed by atoms with Gasteiger partial charge in [-0.1, -0.05) is 57.0 Å².